The quantitative estimate of drug-likeness (QED) is 0.128. The third-order valence-electron chi connectivity index (χ3n) is 7.40. The lowest BCUT2D eigenvalue weighted by Crippen LogP contribution is -1.99. The van der Waals surface area contributed by atoms with Crippen molar-refractivity contribution in [2.45, 2.75) is 10.7 Å². The second kappa shape index (κ2) is 11.2. The third kappa shape index (κ3) is 4.57. The van der Waals surface area contributed by atoms with Crippen molar-refractivity contribution < 1.29 is 0 Å². The van der Waals surface area contributed by atoms with Crippen LogP contribution in [0.3, 0.4) is 0 Å². The van der Waals surface area contributed by atoms with Crippen molar-refractivity contribution in [3.63, 3.8) is 0 Å². The van der Waals surface area contributed by atoms with Crippen molar-refractivity contribution >= 4 is 64.8 Å². The molecule has 0 amide bonds. The van der Waals surface area contributed by atoms with Crippen LogP contribution in [0, 0.1) is 9.81 Å². The Morgan fingerprint density at radius 3 is 1.23 bits per heavy atom. The Kier molecular flexibility index (Phi) is 7.37. The van der Waals surface area contributed by atoms with E-state index >= 15 is 0 Å². The van der Waals surface area contributed by atoms with Crippen LogP contribution in [0.2, 0.25) is 0 Å². The van der Waals surface area contributed by atoms with E-state index in [0.717, 1.165) is 54.9 Å². The number of halogens is 2. The molecule has 0 saturated heterocycles. The van der Waals surface area contributed by atoms with Gasteiger partial charge >= 0.3 is 0 Å². The normalized spacial score (nSPS) is 11.2. The molecule has 0 aliphatic carbocycles. The molecule has 0 unspecified atom stereocenters. The maximum Gasteiger partial charge on any atom is 0.108 e. The Morgan fingerprint density at radius 2 is 0.875 bits per heavy atom. The summed E-state index contributed by atoms with van der Waals surface area (Å²) in [5.74, 6) is 0. The number of nitrogens with zero attached hydrogens (tertiary/aromatic N) is 2. The van der Waals surface area contributed by atoms with Crippen LogP contribution < -0.4 is 0 Å². The predicted molar refractivity (Wildman–Crippen MR) is 174 cm³/mol. The van der Waals surface area contributed by atoms with Crippen LogP contribution in [-0.4, -0.2) is 0 Å². The van der Waals surface area contributed by atoms with Gasteiger partial charge in [-0.1, -0.05) is 105 Å². The summed E-state index contributed by atoms with van der Waals surface area (Å²) >= 11 is 7.67. The summed E-state index contributed by atoms with van der Waals surface area (Å²) in [6.07, 6.45) is 0. The van der Waals surface area contributed by atoms with Crippen molar-refractivity contribution in [3.05, 3.63) is 130 Å². The van der Waals surface area contributed by atoms with E-state index in [-0.39, 0.29) is 0 Å². The van der Waals surface area contributed by atoms with Crippen molar-refractivity contribution in [1.29, 1.82) is 0 Å². The van der Waals surface area contributed by atoms with Gasteiger partial charge in [-0.25, -0.2) is 0 Å². The molecule has 0 radical (unpaired) electrons. The van der Waals surface area contributed by atoms with Gasteiger partial charge in [-0.05, 0) is 113 Å². The third-order valence-corrected chi connectivity index (χ3v) is 8.52. The Balaban J connectivity index is 1.76. The lowest BCUT2D eigenvalue weighted by atomic mass is 9.82. The molecule has 194 valence electrons. The summed E-state index contributed by atoms with van der Waals surface area (Å²) < 4.78 is 0. The molecule has 0 saturated carbocycles. The lowest BCUT2D eigenvalue weighted by Gasteiger charge is -2.23. The zero-order valence-corrected chi connectivity index (χ0v) is 24.4. The van der Waals surface area contributed by atoms with Crippen molar-refractivity contribution in [1.82, 2.24) is 0 Å². The molecule has 0 spiro atoms. The monoisotopic (exact) mass is 648 g/mol. The summed E-state index contributed by atoms with van der Waals surface area (Å²) in [6, 6.07) is 36.3. The zero-order valence-electron chi connectivity index (χ0n) is 21.3. The van der Waals surface area contributed by atoms with Gasteiger partial charge in [0.25, 0.3) is 0 Å². The molecule has 6 rings (SSSR count). The van der Waals surface area contributed by atoms with E-state index < -0.39 is 0 Å². The first-order valence-corrected chi connectivity index (χ1v) is 15.0. The first kappa shape index (κ1) is 26.2. The van der Waals surface area contributed by atoms with E-state index in [0.29, 0.717) is 22.0 Å². The van der Waals surface area contributed by atoms with Crippen LogP contribution in [0.25, 0.3) is 54.9 Å². The molecule has 0 aromatic heterocycles. The standard InChI is InChI=1S/C34H22Br2N2O2/c35-19-31-29(21-9-13-25(37-39)14-10-21)17-23-5-1-3-7-27(23)33(31)34-28-8-4-2-6-24(28)18-30(32(34)20-36)22-11-15-26(38-40)16-12-22/h1-18H,19-20H2. The minimum absolute atomic E-state index is 0.404. The molecule has 0 heterocycles. The zero-order chi connectivity index (χ0) is 27.6. The van der Waals surface area contributed by atoms with Gasteiger partial charge < -0.3 is 0 Å². The number of nitroso groups, excluding NO2 is 2. The fourth-order valence-corrected chi connectivity index (χ4v) is 6.71. The topological polar surface area (TPSA) is 58.9 Å². The lowest BCUT2D eigenvalue weighted by molar-refractivity contribution is 1.40. The summed E-state index contributed by atoms with van der Waals surface area (Å²) in [4.78, 5) is 22.2. The molecular weight excluding hydrogens is 628 g/mol. The Morgan fingerprint density at radius 1 is 0.500 bits per heavy atom. The van der Waals surface area contributed by atoms with Crippen LogP contribution in [0.4, 0.5) is 11.4 Å². The molecule has 4 nitrogen and oxygen atoms in total. The second-order valence-corrected chi connectivity index (χ2v) is 10.7. The molecular formula is C34H22Br2N2O2. The fourth-order valence-electron chi connectivity index (χ4n) is 5.55. The van der Waals surface area contributed by atoms with Crippen LogP contribution >= 0.6 is 31.9 Å². The number of rotatable bonds is 7. The van der Waals surface area contributed by atoms with Crippen LogP contribution in [0.1, 0.15) is 11.1 Å². The van der Waals surface area contributed by atoms with E-state index in [2.05, 4.69) is 103 Å². The Bertz CT molecular complexity index is 1760. The van der Waals surface area contributed by atoms with Gasteiger partial charge in [0.05, 0.1) is 0 Å². The Hall–Kier alpha value is -4.00. The fraction of sp³-hybridized carbons (Fsp3) is 0.0588. The molecule has 6 heteroatoms. The molecule has 0 aliphatic heterocycles. The highest BCUT2D eigenvalue weighted by atomic mass is 79.9. The second-order valence-electron chi connectivity index (χ2n) is 9.54. The molecule has 6 aromatic rings. The van der Waals surface area contributed by atoms with Crippen LogP contribution in [0.5, 0.6) is 0 Å². The molecule has 0 fully saturated rings. The Labute approximate surface area is 248 Å². The highest BCUT2D eigenvalue weighted by Crippen LogP contribution is 2.47. The number of fused-ring (bicyclic) bond motifs is 2. The van der Waals surface area contributed by atoms with Gasteiger partial charge in [-0.2, -0.15) is 0 Å². The SMILES string of the molecule is O=Nc1ccc(-c2cc3ccccc3c(-c3c(CBr)c(-c4ccc(N=O)cc4)cc4ccccc34)c2CBr)cc1. The average Bonchev–Trinajstić information content (AvgIpc) is 3.03. The van der Waals surface area contributed by atoms with Crippen molar-refractivity contribution in [2.24, 2.45) is 10.4 Å². The summed E-state index contributed by atoms with van der Waals surface area (Å²) in [7, 11) is 0. The van der Waals surface area contributed by atoms with Gasteiger partial charge in [-0.15, -0.1) is 9.81 Å². The average molecular weight is 650 g/mol. The number of hydrogen-bond acceptors (Lipinski definition) is 4. The smallest absolute Gasteiger partial charge is 0.108 e. The number of alkyl halides is 2. The van der Waals surface area contributed by atoms with Crippen LogP contribution in [-0.2, 0) is 10.7 Å². The molecule has 0 atom stereocenters. The summed E-state index contributed by atoms with van der Waals surface area (Å²) in [5, 5.41) is 12.0. The van der Waals surface area contributed by atoms with Gasteiger partial charge in [0.15, 0.2) is 0 Å². The van der Waals surface area contributed by atoms with Gasteiger partial charge in [-0.3, -0.25) is 0 Å². The highest BCUT2D eigenvalue weighted by Gasteiger charge is 2.22. The highest BCUT2D eigenvalue weighted by molar-refractivity contribution is 9.08. The summed E-state index contributed by atoms with van der Waals surface area (Å²) in [5.41, 5.74) is 9.70. The van der Waals surface area contributed by atoms with Crippen molar-refractivity contribution in [3.8, 4) is 33.4 Å². The molecule has 6 aromatic carbocycles. The first-order valence-electron chi connectivity index (χ1n) is 12.8. The van der Waals surface area contributed by atoms with Gasteiger partial charge in [0.2, 0.25) is 0 Å². The van der Waals surface area contributed by atoms with Gasteiger partial charge in [0.1, 0.15) is 11.4 Å². The van der Waals surface area contributed by atoms with E-state index in [4.69, 9.17) is 0 Å². The number of benzene rings is 6. The molecule has 0 aliphatic rings. The molecule has 0 N–H and O–H groups in total. The summed E-state index contributed by atoms with van der Waals surface area (Å²) in [6.45, 7) is 0. The van der Waals surface area contributed by atoms with E-state index in [9.17, 15) is 9.81 Å². The van der Waals surface area contributed by atoms with Crippen molar-refractivity contribution in [2.75, 3.05) is 0 Å². The molecule has 40 heavy (non-hydrogen) atoms. The first-order chi connectivity index (χ1) is 19.7. The number of hydrogen-bond donors (Lipinski definition) is 0. The molecule has 0 bridgehead atoms. The largest absolute Gasteiger partial charge is 0.145 e. The maximum atomic E-state index is 11.1. The van der Waals surface area contributed by atoms with E-state index in [1.807, 2.05) is 24.3 Å². The van der Waals surface area contributed by atoms with Gasteiger partial charge in [0, 0.05) is 10.7 Å². The minimum Gasteiger partial charge on any atom is -0.145 e. The van der Waals surface area contributed by atoms with E-state index in [1.54, 1.807) is 24.3 Å². The van der Waals surface area contributed by atoms with Crippen LogP contribution in [0.15, 0.2) is 120 Å². The van der Waals surface area contributed by atoms with E-state index in [1.165, 1.54) is 11.1 Å². The predicted octanol–water partition coefficient (Wildman–Crippen LogP) is 11.6. The minimum atomic E-state index is 0.404. The maximum absolute atomic E-state index is 11.1.